The van der Waals surface area contributed by atoms with Crippen LogP contribution in [0.2, 0.25) is 0 Å². The average Bonchev–Trinajstić information content (AvgIpc) is 2.81. The maximum Gasteiger partial charge on any atom is 0.123 e. The van der Waals surface area contributed by atoms with Crippen molar-refractivity contribution in [1.82, 2.24) is 0 Å². The van der Waals surface area contributed by atoms with Gasteiger partial charge in [-0.25, -0.2) is 4.39 Å². The molecule has 96 valence electrons. The van der Waals surface area contributed by atoms with Crippen molar-refractivity contribution in [2.24, 2.45) is 0 Å². The molecule has 0 amide bonds. The summed E-state index contributed by atoms with van der Waals surface area (Å²) in [7, 11) is 0. The van der Waals surface area contributed by atoms with Gasteiger partial charge in [-0.15, -0.1) is 0 Å². The van der Waals surface area contributed by atoms with E-state index < -0.39 is 0 Å². The molecular formula is C19H13F. The van der Waals surface area contributed by atoms with Gasteiger partial charge in [0.2, 0.25) is 0 Å². The number of hydrogen-bond donors (Lipinski definition) is 0. The second kappa shape index (κ2) is 4.31. The number of rotatable bonds is 1. The summed E-state index contributed by atoms with van der Waals surface area (Å²) in [5.41, 5.74) is 5.91. The van der Waals surface area contributed by atoms with Gasteiger partial charge in [0.25, 0.3) is 0 Å². The zero-order valence-electron chi connectivity index (χ0n) is 10.9. The number of hydrogen-bond acceptors (Lipinski definition) is 0. The first-order chi connectivity index (χ1) is 9.84. The van der Waals surface area contributed by atoms with Crippen molar-refractivity contribution in [2.75, 3.05) is 0 Å². The summed E-state index contributed by atoms with van der Waals surface area (Å²) < 4.78 is 13.7. The summed E-state index contributed by atoms with van der Waals surface area (Å²) in [5, 5.41) is 0. The Labute approximate surface area is 117 Å². The van der Waals surface area contributed by atoms with Gasteiger partial charge in [-0.1, -0.05) is 60.7 Å². The third-order valence-corrected chi connectivity index (χ3v) is 4.02. The smallest absolute Gasteiger partial charge is 0.123 e. The van der Waals surface area contributed by atoms with Crippen LogP contribution in [0.4, 0.5) is 4.39 Å². The largest absolute Gasteiger partial charge is 0.207 e. The fourth-order valence-corrected chi connectivity index (χ4v) is 3.18. The normalized spacial score (nSPS) is 15.8. The van der Waals surface area contributed by atoms with Crippen molar-refractivity contribution in [2.45, 2.75) is 5.92 Å². The molecule has 0 fully saturated rings. The molecular weight excluding hydrogens is 247 g/mol. The molecule has 1 unspecified atom stereocenters. The van der Waals surface area contributed by atoms with E-state index in [1.165, 1.54) is 16.7 Å². The van der Waals surface area contributed by atoms with Crippen LogP contribution in [-0.2, 0) is 0 Å². The Kier molecular flexibility index (Phi) is 2.46. The van der Waals surface area contributed by atoms with Crippen LogP contribution in [-0.4, -0.2) is 0 Å². The van der Waals surface area contributed by atoms with Crippen molar-refractivity contribution < 1.29 is 4.39 Å². The first kappa shape index (κ1) is 11.4. The van der Waals surface area contributed by atoms with E-state index in [1.54, 1.807) is 12.1 Å². The molecule has 0 saturated carbocycles. The predicted molar refractivity (Wildman–Crippen MR) is 79.2 cm³/mol. The molecule has 0 aliphatic heterocycles. The van der Waals surface area contributed by atoms with Gasteiger partial charge in [0.05, 0.1) is 0 Å². The number of fused-ring (bicyclic) bond motifs is 3. The molecule has 0 aromatic heterocycles. The lowest BCUT2D eigenvalue weighted by atomic mass is 9.89. The van der Waals surface area contributed by atoms with Gasteiger partial charge < -0.3 is 0 Å². The highest BCUT2D eigenvalue weighted by Crippen LogP contribution is 2.47. The van der Waals surface area contributed by atoms with E-state index in [2.05, 4.69) is 30.3 Å². The summed E-state index contributed by atoms with van der Waals surface area (Å²) in [6.07, 6.45) is 0. The van der Waals surface area contributed by atoms with Crippen LogP contribution in [0.25, 0.3) is 11.1 Å². The average molecular weight is 260 g/mol. The number of benzene rings is 3. The first-order valence-electron chi connectivity index (χ1n) is 6.78. The summed E-state index contributed by atoms with van der Waals surface area (Å²) in [6, 6.07) is 23.8. The molecule has 0 bridgehead atoms. The Morgan fingerprint density at radius 2 is 1.35 bits per heavy atom. The zero-order chi connectivity index (χ0) is 13.5. The van der Waals surface area contributed by atoms with Crippen LogP contribution in [0.1, 0.15) is 22.6 Å². The highest BCUT2D eigenvalue weighted by Gasteiger charge is 2.29. The summed E-state index contributed by atoms with van der Waals surface area (Å²) in [6.45, 7) is 0. The maximum absolute atomic E-state index is 13.7. The molecule has 1 aliphatic rings. The van der Waals surface area contributed by atoms with E-state index in [1.807, 2.05) is 30.3 Å². The SMILES string of the molecule is Fc1ccc2c(c1)C(c1ccccc1)c1ccccc1-2. The van der Waals surface area contributed by atoms with E-state index in [4.69, 9.17) is 0 Å². The first-order valence-corrected chi connectivity index (χ1v) is 6.78. The highest BCUT2D eigenvalue weighted by molar-refractivity contribution is 5.80. The monoisotopic (exact) mass is 260 g/mol. The van der Waals surface area contributed by atoms with Crippen LogP contribution < -0.4 is 0 Å². The van der Waals surface area contributed by atoms with Crippen LogP contribution in [0, 0.1) is 5.82 Å². The van der Waals surface area contributed by atoms with Crippen LogP contribution >= 0.6 is 0 Å². The minimum absolute atomic E-state index is 0.137. The molecule has 0 saturated heterocycles. The summed E-state index contributed by atoms with van der Waals surface area (Å²) in [4.78, 5) is 0. The lowest BCUT2D eigenvalue weighted by Gasteiger charge is -2.14. The molecule has 1 aliphatic carbocycles. The lowest BCUT2D eigenvalue weighted by molar-refractivity contribution is 0.625. The third-order valence-electron chi connectivity index (χ3n) is 4.02. The van der Waals surface area contributed by atoms with E-state index in [0.717, 1.165) is 11.1 Å². The fraction of sp³-hybridized carbons (Fsp3) is 0.0526. The number of halogens is 1. The molecule has 0 nitrogen and oxygen atoms in total. The van der Waals surface area contributed by atoms with Crippen molar-refractivity contribution in [1.29, 1.82) is 0 Å². The van der Waals surface area contributed by atoms with E-state index >= 15 is 0 Å². The summed E-state index contributed by atoms with van der Waals surface area (Å²) in [5.74, 6) is -0.0319. The molecule has 3 aromatic rings. The van der Waals surface area contributed by atoms with Crippen LogP contribution in [0.15, 0.2) is 72.8 Å². The zero-order valence-corrected chi connectivity index (χ0v) is 10.9. The van der Waals surface area contributed by atoms with Crippen molar-refractivity contribution >= 4 is 0 Å². The van der Waals surface area contributed by atoms with E-state index in [9.17, 15) is 4.39 Å². The van der Waals surface area contributed by atoms with Gasteiger partial charge >= 0.3 is 0 Å². The molecule has 0 N–H and O–H groups in total. The van der Waals surface area contributed by atoms with Gasteiger partial charge in [-0.05, 0) is 39.9 Å². The van der Waals surface area contributed by atoms with E-state index in [-0.39, 0.29) is 11.7 Å². The molecule has 0 spiro atoms. The Morgan fingerprint density at radius 1 is 0.650 bits per heavy atom. The second-order valence-corrected chi connectivity index (χ2v) is 5.16. The van der Waals surface area contributed by atoms with Gasteiger partial charge in [0.15, 0.2) is 0 Å². The summed E-state index contributed by atoms with van der Waals surface area (Å²) >= 11 is 0. The molecule has 1 atom stereocenters. The lowest BCUT2D eigenvalue weighted by Crippen LogP contribution is -1.99. The van der Waals surface area contributed by atoms with Crippen molar-refractivity contribution in [3.63, 3.8) is 0 Å². The quantitative estimate of drug-likeness (QED) is 0.452. The van der Waals surface area contributed by atoms with Crippen molar-refractivity contribution in [3.05, 3.63) is 95.3 Å². The Balaban J connectivity index is 2.02. The molecule has 1 heteroatoms. The molecule has 4 rings (SSSR count). The van der Waals surface area contributed by atoms with Gasteiger partial charge in [0, 0.05) is 5.92 Å². The third kappa shape index (κ3) is 1.60. The Bertz CT molecular complexity index is 775. The standard InChI is InChI=1S/C19H13F/c20-14-10-11-16-15-8-4-5-9-17(15)19(18(16)12-14)13-6-2-1-3-7-13/h1-12,19H. The van der Waals surface area contributed by atoms with Crippen molar-refractivity contribution in [3.8, 4) is 11.1 Å². The topological polar surface area (TPSA) is 0 Å². The Hall–Kier alpha value is -2.41. The minimum atomic E-state index is -0.169. The van der Waals surface area contributed by atoms with Crippen LogP contribution in [0.5, 0.6) is 0 Å². The minimum Gasteiger partial charge on any atom is -0.207 e. The maximum atomic E-state index is 13.7. The predicted octanol–water partition coefficient (Wildman–Crippen LogP) is 4.99. The molecule has 3 aromatic carbocycles. The Morgan fingerprint density at radius 3 is 2.20 bits per heavy atom. The molecule has 0 radical (unpaired) electrons. The van der Waals surface area contributed by atoms with Crippen LogP contribution in [0.3, 0.4) is 0 Å². The van der Waals surface area contributed by atoms with Gasteiger partial charge in [0.1, 0.15) is 5.82 Å². The van der Waals surface area contributed by atoms with Gasteiger partial charge in [-0.2, -0.15) is 0 Å². The molecule has 20 heavy (non-hydrogen) atoms. The van der Waals surface area contributed by atoms with E-state index in [0.29, 0.717) is 0 Å². The molecule has 0 heterocycles. The van der Waals surface area contributed by atoms with Gasteiger partial charge in [-0.3, -0.25) is 0 Å². The highest BCUT2D eigenvalue weighted by atomic mass is 19.1. The second-order valence-electron chi connectivity index (χ2n) is 5.16. The fourth-order valence-electron chi connectivity index (χ4n) is 3.18.